The number of amides is 1. The minimum Gasteiger partial charge on any atom is -0.354 e. The van der Waals surface area contributed by atoms with Gasteiger partial charge in [0.25, 0.3) is 0 Å². The molecule has 0 bridgehead atoms. The van der Waals surface area contributed by atoms with Crippen LogP contribution in [0.5, 0.6) is 0 Å². The first-order valence-electron chi connectivity index (χ1n) is 15.9. The molecule has 6 unspecified atom stereocenters. The molecule has 3 fully saturated rings. The molecule has 1 amide bonds. The number of halogens is 2. The van der Waals surface area contributed by atoms with Gasteiger partial charge in [-0.2, -0.15) is 0 Å². The molecule has 1 aliphatic heterocycles. The van der Waals surface area contributed by atoms with Crippen LogP contribution in [0.1, 0.15) is 112 Å². The van der Waals surface area contributed by atoms with E-state index in [-0.39, 0.29) is 36.6 Å². The molecule has 39 heavy (non-hydrogen) atoms. The SMILES string of the molecule is C=C(/C=C1/CCC(C)N=C(CCC2CCC(C)CC3C(C2)C3C(=O)NC(C)C)N1CC)CCC1CC(F)(F)C1. The average Bonchev–Trinajstić information content (AvgIpc) is 3.52. The van der Waals surface area contributed by atoms with E-state index in [2.05, 4.69) is 57.5 Å². The molecule has 4 aliphatic rings. The van der Waals surface area contributed by atoms with Gasteiger partial charge in [0, 0.05) is 49.5 Å². The topological polar surface area (TPSA) is 44.7 Å². The lowest BCUT2D eigenvalue weighted by molar-refractivity contribution is -0.123. The summed E-state index contributed by atoms with van der Waals surface area (Å²) in [5.41, 5.74) is 2.33. The maximum atomic E-state index is 13.2. The zero-order valence-corrected chi connectivity index (χ0v) is 25.2. The minimum atomic E-state index is -2.44. The lowest BCUT2D eigenvalue weighted by atomic mass is 9.78. The van der Waals surface area contributed by atoms with E-state index in [9.17, 15) is 13.6 Å². The molecule has 3 saturated carbocycles. The molecule has 0 aromatic heterocycles. The van der Waals surface area contributed by atoms with Crippen LogP contribution in [0, 0.1) is 35.5 Å². The summed E-state index contributed by atoms with van der Waals surface area (Å²) in [7, 11) is 0. The van der Waals surface area contributed by atoms with Crippen LogP contribution >= 0.6 is 0 Å². The molecule has 4 nitrogen and oxygen atoms in total. The summed E-state index contributed by atoms with van der Waals surface area (Å²) in [4.78, 5) is 20.4. The van der Waals surface area contributed by atoms with Crippen LogP contribution in [0.2, 0.25) is 0 Å². The lowest BCUT2D eigenvalue weighted by Crippen LogP contribution is -2.35. The second kappa shape index (κ2) is 12.9. The Bertz CT molecular complexity index is 933. The lowest BCUT2D eigenvalue weighted by Gasteiger charge is -2.35. The maximum absolute atomic E-state index is 13.2. The van der Waals surface area contributed by atoms with Gasteiger partial charge in [-0.3, -0.25) is 9.79 Å². The van der Waals surface area contributed by atoms with Crippen LogP contribution in [-0.2, 0) is 4.79 Å². The second-order valence-corrected chi connectivity index (χ2v) is 13.7. The molecule has 4 rings (SSSR count). The Hall–Kier alpha value is -1.72. The van der Waals surface area contributed by atoms with Crippen molar-refractivity contribution in [3.63, 3.8) is 0 Å². The fraction of sp³-hybridized carbons (Fsp3) is 0.818. The van der Waals surface area contributed by atoms with Crippen LogP contribution in [0.3, 0.4) is 0 Å². The summed E-state index contributed by atoms with van der Waals surface area (Å²) >= 11 is 0. The van der Waals surface area contributed by atoms with Crippen LogP contribution in [-0.4, -0.2) is 41.2 Å². The van der Waals surface area contributed by atoms with Crippen LogP contribution in [0.25, 0.3) is 0 Å². The van der Waals surface area contributed by atoms with Crippen molar-refractivity contribution in [3.05, 3.63) is 23.9 Å². The number of alkyl halides is 2. The van der Waals surface area contributed by atoms with Gasteiger partial charge in [0.1, 0.15) is 5.84 Å². The second-order valence-electron chi connectivity index (χ2n) is 13.7. The number of nitrogens with one attached hydrogen (secondary N) is 1. The molecule has 220 valence electrons. The number of nitrogens with zero attached hydrogens (tertiary/aromatic N) is 2. The Balaban J connectivity index is 1.36. The number of hydrogen-bond donors (Lipinski definition) is 1. The third kappa shape index (κ3) is 8.16. The number of carbonyl (C=O) groups is 1. The summed E-state index contributed by atoms with van der Waals surface area (Å²) in [6.07, 6.45) is 12.8. The Morgan fingerprint density at radius 1 is 1.13 bits per heavy atom. The number of amidine groups is 1. The molecule has 6 atom stereocenters. The summed E-state index contributed by atoms with van der Waals surface area (Å²) in [6, 6.07) is 0.494. The fourth-order valence-corrected chi connectivity index (χ4v) is 7.53. The Labute approximate surface area is 236 Å². The number of hydrogen-bond acceptors (Lipinski definition) is 3. The van der Waals surface area contributed by atoms with Gasteiger partial charge in [-0.05, 0) is 108 Å². The monoisotopic (exact) mass is 545 g/mol. The summed E-state index contributed by atoms with van der Waals surface area (Å²) < 4.78 is 26.5. The van der Waals surface area contributed by atoms with E-state index in [1.165, 1.54) is 37.2 Å². The first-order valence-corrected chi connectivity index (χ1v) is 15.9. The number of aliphatic imine (C=N–C) groups is 1. The number of fused-ring (bicyclic) bond motifs is 1. The first kappa shape index (κ1) is 30.2. The third-order valence-electron chi connectivity index (χ3n) is 9.77. The summed E-state index contributed by atoms with van der Waals surface area (Å²) in [6.45, 7) is 16.1. The molecular formula is C33H53F2N3O. The zero-order chi connectivity index (χ0) is 28.3. The van der Waals surface area contributed by atoms with Crippen molar-refractivity contribution in [1.82, 2.24) is 10.2 Å². The van der Waals surface area contributed by atoms with Crippen molar-refractivity contribution >= 4 is 11.7 Å². The van der Waals surface area contributed by atoms with Gasteiger partial charge in [0.15, 0.2) is 0 Å². The minimum absolute atomic E-state index is 0.0386. The molecule has 0 aromatic rings. The average molecular weight is 546 g/mol. The van der Waals surface area contributed by atoms with E-state index in [1.54, 1.807) is 0 Å². The molecule has 0 saturated heterocycles. The van der Waals surface area contributed by atoms with E-state index < -0.39 is 5.92 Å². The summed E-state index contributed by atoms with van der Waals surface area (Å²) in [5.74, 6) is 1.81. The number of allylic oxidation sites excluding steroid dienone is 3. The molecule has 1 N–H and O–H groups in total. The molecule has 1 heterocycles. The van der Waals surface area contributed by atoms with Crippen molar-refractivity contribution in [1.29, 1.82) is 0 Å². The number of carbonyl (C=O) groups excluding carboxylic acids is 1. The van der Waals surface area contributed by atoms with Gasteiger partial charge in [-0.15, -0.1) is 0 Å². The van der Waals surface area contributed by atoms with E-state index in [1.807, 2.05) is 0 Å². The Kier molecular flexibility index (Phi) is 9.96. The van der Waals surface area contributed by atoms with Crippen molar-refractivity contribution < 1.29 is 13.6 Å². The highest BCUT2D eigenvalue weighted by Crippen LogP contribution is 2.56. The normalized spacial score (nSPS) is 33.9. The molecule has 6 heteroatoms. The number of rotatable bonds is 10. The highest BCUT2D eigenvalue weighted by Gasteiger charge is 2.55. The molecule has 0 spiro atoms. The smallest absolute Gasteiger partial charge is 0.248 e. The Morgan fingerprint density at radius 3 is 2.51 bits per heavy atom. The van der Waals surface area contributed by atoms with E-state index in [0.29, 0.717) is 29.7 Å². The zero-order valence-electron chi connectivity index (χ0n) is 25.2. The van der Waals surface area contributed by atoms with E-state index in [0.717, 1.165) is 50.6 Å². The highest BCUT2D eigenvalue weighted by molar-refractivity contribution is 5.84. The highest BCUT2D eigenvalue weighted by atomic mass is 19.3. The van der Waals surface area contributed by atoms with Gasteiger partial charge in [-0.25, -0.2) is 8.78 Å². The molecule has 3 aliphatic carbocycles. The Morgan fingerprint density at radius 2 is 1.85 bits per heavy atom. The molecule has 0 aromatic carbocycles. The van der Waals surface area contributed by atoms with E-state index >= 15 is 0 Å². The van der Waals surface area contributed by atoms with Crippen LogP contribution in [0.15, 0.2) is 28.9 Å². The van der Waals surface area contributed by atoms with Gasteiger partial charge in [-0.1, -0.05) is 31.9 Å². The van der Waals surface area contributed by atoms with Crippen molar-refractivity contribution in [2.24, 2.45) is 40.5 Å². The summed E-state index contributed by atoms with van der Waals surface area (Å²) in [5, 5.41) is 3.17. The van der Waals surface area contributed by atoms with Crippen molar-refractivity contribution in [3.8, 4) is 0 Å². The van der Waals surface area contributed by atoms with Gasteiger partial charge >= 0.3 is 0 Å². The van der Waals surface area contributed by atoms with Crippen molar-refractivity contribution in [2.75, 3.05) is 6.54 Å². The van der Waals surface area contributed by atoms with Crippen molar-refractivity contribution in [2.45, 2.75) is 130 Å². The van der Waals surface area contributed by atoms with Crippen LogP contribution in [0.4, 0.5) is 8.78 Å². The van der Waals surface area contributed by atoms with Crippen LogP contribution < -0.4 is 5.32 Å². The third-order valence-corrected chi connectivity index (χ3v) is 9.77. The van der Waals surface area contributed by atoms with Gasteiger partial charge < -0.3 is 10.2 Å². The van der Waals surface area contributed by atoms with E-state index in [4.69, 9.17) is 4.99 Å². The fourth-order valence-electron chi connectivity index (χ4n) is 7.53. The van der Waals surface area contributed by atoms with Gasteiger partial charge in [0.2, 0.25) is 11.8 Å². The molecule has 0 radical (unpaired) electrons. The maximum Gasteiger partial charge on any atom is 0.248 e. The largest absolute Gasteiger partial charge is 0.354 e. The first-order chi connectivity index (χ1) is 18.5. The predicted octanol–water partition coefficient (Wildman–Crippen LogP) is 8.15. The quantitative estimate of drug-likeness (QED) is 0.301. The standard InChI is InChI=1S/C33H53F2N3O/c1-7-38-27(16-22(4)9-12-26-19-33(34,35)20-26)14-10-24(6)37-30(38)15-13-25-11-8-23(5)17-28-29(18-25)31(28)32(39)36-21(2)3/h16,21,23-26,28-29,31H,4,7-15,17-20H2,1-3,5-6H3,(H,36,39)/b27-16-. The predicted molar refractivity (Wildman–Crippen MR) is 157 cm³/mol. The molecular weight excluding hydrogens is 492 g/mol. The van der Waals surface area contributed by atoms with Gasteiger partial charge in [0.05, 0.1) is 0 Å².